The molecule has 6 heteroatoms. The molecular weight excluding hydrogens is 249 g/mol. The van der Waals surface area contributed by atoms with Gasteiger partial charge < -0.3 is 9.84 Å². The van der Waals surface area contributed by atoms with E-state index < -0.39 is 23.3 Å². The molecule has 1 atom stereocenters. The Bertz CT molecular complexity index is 425. The van der Waals surface area contributed by atoms with E-state index in [1.807, 2.05) is 0 Å². The number of rotatable bonds is 4. The molecule has 18 heavy (non-hydrogen) atoms. The van der Waals surface area contributed by atoms with Crippen molar-refractivity contribution in [3.05, 3.63) is 35.4 Å². The van der Waals surface area contributed by atoms with Gasteiger partial charge in [-0.05, 0) is 13.8 Å². The van der Waals surface area contributed by atoms with Gasteiger partial charge in [0.25, 0.3) is 5.60 Å². The zero-order chi connectivity index (χ0) is 14.0. The third-order valence-corrected chi connectivity index (χ3v) is 2.52. The highest BCUT2D eigenvalue weighted by Gasteiger charge is 2.63. The fourth-order valence-electron chi connectivity index (χ4n) is 1.64. The summed E-state index contributed by atoms with van der Waals surface area (Å²) >= 11 is 0. The number of alkyl halides is 3. The second kappa shape index (κ2) is 4.97. The lowest BCUT2D eigenvalue weighted by molar-refractivity contribution is -0.280. The summed E-state index contributed by atoms with van der Waals surface area (Å²) in [5.41, 5.74) is -3.01. The first-order valence-electron chi connectivity index (χ1n) is 5.27. The average Bonchev–Trinajstić information content (AvgIpc) is 2.25. The molecule has 0 radical (unpaired) electrons. The molecule has 0 bridgehead atoms. The number of halogens is 3. The van der Waals surface area contributed by atoms with E-state index in [0.717, 1.165) is 17.7 Å². The lowest BCUT2D eigenvalue weighted by atomic mass is 9.92. The summed E-state index contributed by atoms with van der Waals surface area (Å²) < 4.78 is 43.8. The second-order valence-electron chi connectivity index (χ2n) is 3.78. The predicted molar refractivity (Wildman–Crippen MR) is 58.2 cm³/mol. The number of hydrogen-bond acceptors (Lipinski definition) is 2. The molecule has 0 heterocycles. The lowest BCUT2D eigenvalue weighted by Gasteiger charge is -2.31. The van der Waals surface area contributed by atoms with Crippen molar-refractivity contribution in [3.63, 3.8) is 0 Å². The van der Waals surface area contributed by atoms with Gasteiger partial charge in [-0.1, -0.05) is 29.8 Å². The van der Waals surface area contributed by atoms with Gasteiger partial charge in [-0.2, -0.15) is 13.2 Å². The smallest absolute Gasteiger partial charge is 0.432 e. The third kappa shape index (κ3) is 2.33. The van der Waals surface area contributed by atoms with E-state index in [9.17, 15) is 18.0 Å². The molecular formula is C12H13F3O3. The second-order valence-corrected chi connectivity index (χ2v) is 3.78. The van der Waals surface area contributed by atoms with Gasteiger partial charge in [-0.25, -0.2) is 4.79 Å². The Morgan fingerprint density at radius 2 is 1.78 bits per heavy atom. The number of aliphatic carboxylic acids is 1. The van der Waals surface area contributed by atoms with Crippen LogP contribution in [0.4, 0.5) is 13.2 Å². The summed E-state index contributed by atoms with van der Waals surface area (Å²) in [6, 6.07) is 5.06. The van der Waals surface area contributed by atoms with E-state index >= 15 is 0 Å². The first-order valence-corrected chi connectivity index (χ1v) is 5.27. The van der Waals surface area contributed by atoms with Crippen LogP contribution in [-0.4, -0.2) is 23.9 Å². The number of hydrogen-bond donors (Lipinski definition) is 1. The maximum absolute atomic E-state index is 13.1. The summed E-state index contributed by atoms with van der Waals surface area (Å²) in [6.07, 6.45) is -5.04. The standard InChI is InChI=1S/C12H13F3O3/c1-3-18-11(10(16)17,12(13,14)15)9-6-4-8(2)5-7-9/h4-7H,3H2,1-2H3,(H,16,17). The van der Waals surface area contributed by atoms with Gasteiger partial charge in [0.1, 0.15) is 0 Å². The molecule has 1 unspecified atom stereocenters. The van der Waals surface area contributed by atoms with Gasteiger partial charge in [0.15, 0.2) is 0 Å². The van der Waals surface area contributed by atoms with Crippen LogP contribution in [0.25, 0.3) is 0 Å². The molecule has 1 aromatic rings. The van der Waals surface area contributed by atoms with Crippen molar-refractivity contribution >= 4 is 5.97 Å². The van der Waals surface area contributed by atoms with Crippen LogP contribution in [0, 0.1) is 6.92 Å². The monoisotopic (exact) mass is 262 g/mol. The van der Waals surface area contributed by atoms with E-state index in [4.69, 9.17) is 5.11 Å². The van der Waals surface area contributed by atoms with E-state index in [0.29, 0.717) is 0 Å². The van der Waals surface area contributed by atoms with Crippen molar-refractivity contribution in [2.24, 2.45) is 0 Å². The van der Waals surface area contributed by atoms with Crippen molar-refractivity contribution in [3.8, 4) is 0 Å². The third-order valence-electron chi connectivity index (χ3n) is 2.52. The largest absolute Gasteiger partial charge is 0.479 e. The van der Waals surface area contributed by atoms with E-state index in [1.165, 1.54) is 19.1 Å². The fraction of sp³-hybridized carbons (Fsp3) is 0.417. The highest BCUT2D eigenvalue weighted by atomic mass is 19.4. The summed E-state index contributed by atoms with van der Waals surface area (Å²) in [5.74, 6) is -2.07. The molecule has 0 aliphatic heterocycles. The Hall–Kier alpha value is -1.56. The maximum Gasteiger partial charge on any atom is 0.432 e. The molecule has 100 valence electrons. The van der Waals surface area contributed by atoms with E-state index in [1.54, 1.807) is 6.92 Å². The topological polar surface area (TPSA) is 46.5 Å². The molecule has 0 amide bonds. The number of aryl methyl sites for hydroxylation is 1. The summed E-state index contributed by atoms with van der Waals surface area (Å²) in [7, 11) is 0. The summed E-state index contributed by atoms with van der Waals surface area (Å²) in [6.45, 7) is 2.65. The SMILES string of the molecule is CCOC(C(=O)O)(c1ccc(C)cc1)C(F)(F)F. The normalized spacial score (nSPS) is 15.2. The molecule has 1 rings (SSSR count). The Morgan fingerprint density at radius 3 is 2.11 bits per heavy atom. The Morgan fingerprint density at radius 1 is 1.28 bits per heavy atom. The van der Waals surface area contributed by atoms with Gasteiger partial charge in [0, 0.05) is 12.2 Å². The van der Waals surface area contributed by atoms with Crippen molar-refractivity contribution in [1.82, 2.24) is 0 Å². The Labute approximate surface area is 102 Å². The van der Waals surface area contributed by atoms with E-state index in [-0.39, 0.29) is 6.61 Å². The Balaban J connectivity index is 3.43. The molecule has 0 spiro atoms. The highest BCUT2D eigenvalue weighted by Crippen LogP contribution is 2.42. The molecule has 0 saturated carbocycles. The Kier molecular flexibility index (Phi) is 4.01. The zero-order valence-electron chi connectivity index (χ0n) is 9.91. The van der Waals surface area contributed by atoms with Gasteiger partial charge in [-0.3, -0.25) is 0 Å². The average molecular weight is 262 g/mol. The molecule has 1 aromatic carbocycles. The van der Waals surface area contributed by atoms with Crippen LogP contribution in [0.15, 0.2) is 24.3 Å². The zero-order valence-corrected chi connectivity index (χ0v) is 9.91. The molecule has 0 fully saturated rings. The minimum absolute atomic E-state index is 0.361. The predicted octanol–water partition coefficient (Wildman–Crippen LogP) is 2.87. The molecule has 3 nitrogen and oxygen atoms in total. The molecule has 0 saturated heterocycles. The first kappa shape index (κ1) is 14.5. The van der Waals surface area contributed by atoms with Crippen LogP contribution in [0.1, 0.15) is 18.1 Å². The fourth-order valence-corrected chi connectivity index (χ4v) is 1.64. The van der Waals surface area contributed by atoms with Gasteiger partial charge in [0.05, 0.1) is 0 Å². The summed E-state index contributed by atoms with van der Waals surface area (Å²) in [4.78, 5) is 11.1. The van der Waals surface area contributed by atoms with Crippen molar-refractivity contribution in [2.45, 2.75) is 25.6 Å². The molecule has 0 aliphatic rings. The van der Waals surface area contributed by atoms with Gasteiger partial charge in [0.2, 0.25) is 0 Å². The first-order chi connectivity index (χ1) is 8.25. The highest BCUT2D eigenvalue weighted by molar-refractivity contribution is 5.80. The lowest BCUT2D eigenvalue weighted by Crippen LogP contribution is -2.51. The van der Waals surface area contributed by atoms with Crippen LogP contribution in [0.3, 0.4) is 0 Å². The molecule has 0 aromatic heterocycles. The number of carbonyl (C=O) groups is 1. The molecule has 0 aliphatic carbocycles. The number of ether oxygens (including phenoxy) is 1. The number of carboxylic acid groups (broad SMARTS) is 1. The number of carboxylic acids is 1. The van der Waals surface area contributed by atoms with Crippen LogP contribution < -0.4 is 0 Å². The molecule has 1 N–H and O–H groups in total. The van der Waals surface area contributed by atoms with Crippen molar-refractivity contribution < 1.29 is 27.8 Å². The van der Waals surface area contributed by atoms with Crippen LogP contribution in [0.2, 0.25) is 0 Å². The quantitative estimate of drug-likeness (QED) is 0.907. The van der Waals surface area contributed by atoms with Crippen molar-refractivity contribution in [1.29, 1.82) is 0 Å². The van der Waals surface area contributed by atoms with Crippen LogP contribution in [-0.2, 0) is 15.1 Å². The maximum atomic E-state index is 13.1. The van der Waals surface area contributed by atoms with Gasteiger partial charge >= 0.3 is 12.1 Å². The number of benzene rings is 1. The van der Waals surface area contributed by atoms with Crippen LogP contribution >= 0.6 is 0 Å². The van der Waals surface area contributed by atoms with E-state index in [2.05, 4.69) is 4.74 Å². The van der Waals surface area contributed by atoms with Gasteiger partial charge in [-0.15, -0.1) is 0 Å². The minimum atomic E-state index is -5.04. The summed E-state index contributed by atoms with van der Waals surface area (Å²) in [5, 5.41) is 8.97. The minimum Gasteiger partial charge on any atom is -0.479 e. The van der Waals surface area contributed by atoms with Crippen LogP contribution in [0.5, 0.6) is 0 Å². The van der Waals surface area contributed by atoms with Crippen molar-refractivity contribution in [2.75, 3.05) is 6.61 Å².